The molecule has 0 unspecified atom stereocenters. The summed E-state index contributed by atoms with van der Waals surface area (Å²) in [5.74, 6) is 0.318. The van der Waals surface area contributed by atoms with Gasteiger partial charge in [0.05, 0.1) is 17.9 Å². The van der Waals surface area contributed by atoms with E-state index in [1.54, 1.807) is 17.8 Å². The Hall–Kier alpha value is -3.49. The van der Waals surface area contributed by atoms with Crippen molar-refractivity contribution >= 4 is 28.4 Å². The summed E-state index contributed by atoms with van der Waals surface area (Å²) < 4.78 is 15.1. The summed E-state index contributed by atoms with van der Waals surface area (Å²) in [6.07, 6.45) is 5.17. The lowest BCUT2D eigenvalue weighted by atomic mass is 9.90. The monoisotopic (exact) mass is 379 g/mol. The van der Waals surface area contributed by atoms with E-state index in [1.807, 2.05) is 24.4 Å². The number of pyridine rings is 1. The summed E-state index contributed by atoms with van der Waals surface area (Å²) in [5, 5.41) is 11.0. The number of nitrogens with one attached hydrogen (secondary N) is 3. The number of fused-ring (bicyclic) bond motifs is 2. The molecule has 1 amide bonds. The van der Waals surface area contributed by atoms with Gasteiger partial charge in [-0.25, -0.2) is 14.4 Å². The second kappa shape index (κ2) is 6.29. The van der Waals surface area contributed by atoms with Crippen molar-refractivity contribution < 1.29 is 9.18 Å². The third-order valence-corrected chi connectivity index (χ3v) is 5.21. The molecule has 3 N–H and O–H groups in total. The Morgan fingerprint density at radius 1 is 1.39 bits per heavy atom. The van der Waals surface area contributed by atoms with Gasteiger partial charge < -0.3 is 15.6 Å². The number of nitrogens with zero attached hydrogens (tertiary/aromatic N) is 4. The van der Waals surface area contributed by atoms with Crippen molar-refractivity contribution in [2.75, 3.05) is 12.4 Å². The number of H-pyrrole nitrogens is 1. The first-order valence-corrected chi connectivity index (χ1v) is 9.09. The maximum atomic E-state index is 13.5. The summed E-state index contributed by atoms with van der Waals surface area (Å²) in [6, 6.07) is 5.25. The van der Waals surface area contributed by atoms with Crippen LogP contribution in [0.15, 0.2) is 36.8 Å². The highest BCUT2D eigenvalue weighted by Gasteiger charge is 2.33. The quantitative estimate of drug-likeness (QED) is 0.506. The zero-order valence-electron chi connectivity index (χ0n) is 15.1. The van der Waals surface area contributed by atoms with Crippen LogP contribution in [0.4, 0.5) is 10.2 Å². The minimum Gasteiger partial charge on any atom is -0.373 e. The van der Waals surface area contributed by atoms with Crippen molar-refractivity contribution in [3.8, 4) is 11.3 Å². The zero-order chi connectivity index (χ0) is 19.3. The molecule has 142 valence electrons. The second-order valence-electron chi connectivity index (χ2n) is 6.85. The highest BCUT2D eigenvalue weighted by molar-refractivity contribution is 6.01. The number of amides is 1. The Kier molecular flexibility index (Phi) is 3.75. The first-order chi connectivity index (χ1) is 13.7. The van der Waals surface area contributed by atoms with Crippen molar-refractivity contribution in [3.05, 3.63) is 42.4 Å². The van der Waals surface area contributed by atoms with Crippen LogP contribution in [0.1, 0.15) is 23.2 Å². The lowest BCUT2D eigenvalue weighted by Crippen LogP contribution is -2.48. The van der Waals surface area contributed by atoms with Gasteiger partial charge in [0.25, 0.3) is 5.91 Å². The highest BCUT2D eigenvalue weighted by atomic mass is 19.1. The van der Waals surface area contributed by atoms with Crippen molar-refractivity contribution in [1.29, 1.82) is 0 Å². The number of halogens is 1. The van der Waals surface area contributed by atoms with Crippen LogP contribution in [0, 0.1) is 0 Å². The van der Waals surface area contributed by atoms with Gasteiger partial charge in [0.2, 0.25) is 0 Å². The lowest BCUT2D eigenvalue weighted by molar-refractivity contribution is 0.0826. The third-order valence-electron chi connectivity index (χ3n) is 5.21. The molecule has 0 saturated heterocycles. The zero-order valence-corrected chi connectivity index (χ0v) is 15.1. The molecule has 5 rings (SSSR count). The fourth-order valence-electron chi connectivity index (χ4n) is 3.48. The molecule has 0 radical (unpaired) electrons. The average molecular weight is 379 g/mol. The first-order valence-electron chi connectivity index (χ1n) is 9.09. The van der Waals surface area contributed by atoms with E-state index >= 15 is 0 Å². The molecule has 4 aromatic heterocycles. The van der Waals surface area contributed by atoms with E-state index in [2.05, 4.69) is 30.7 Å². The summed E-state index contributed by atoms with van der Waals surface area (Å²) in [7, 11) is 1.78. The van der Waals surface area contributed by atoms with Crippen molar-refractivity contribution in [2.24, 2.45) is 0 Å². The molecular weight excluding hydrogens is 361 g/mol. The molecule has 0 aliphatic heterocycles. The predicted molar refractivity (Wildman–Crippen MR) is 103 cm³/mol. The standard InChI is InChI=1S/C19H18FN7O/c1-21-16-7-15(11-8-23-17-10(11)3-2-6-22-17)25-18-12(9-24-27(16)18)19(28)26-14-5-4-13(14)20/h2-3,6-9,13-14,21H,4-5H2,1H3,(H,22,23)(H,26,28)/t13-,14+/m1/s1. The van der Waals surface area contributed by atoms with Crippen LogP contribution >= 0.6 is 0 Å². The minimum atomic E-state index is -0.985. The number of aromatic amines is 1. The van der Waals surface area contributed by atoms with E-state index < -0.39 is 12.2 Å². The Morgan fingerprint density at radius 2 is 2.29 bits per heavy atom. The molecule has 4 heterocycles. The maximum Gasteiger partial charge on any atom is 0.257 e. The van der Waals surface area contributed by atoms with Crippen LogP contribution in [0.5, 0.6) is 0 Å². The van der Waals surface area contributed by atoms with Crippen LogP contribution < -0.4 is 10.6 Å². The third kappa shape index (κ3) is 2.50. The van der Waals surface area contributed by atoms with Gasteiger partial charge in [0, 0.05) is 36.5 Å². The second-order valence-corrected chi connectivity index (χ2v) is 6.85. The van der Waals surface area contributed by atoms with E-state index in [0.29, 0.717) is 35.6 Å². The maximum absolute atomic E-state index is 13.5. The van der Waals surface area contributed by atoms with E-state index in [4.69, 9.17) is 0 Å². The number of carbonyl (C=O) groups excluding carboxylic acids is 1. The molecule has 2 atom stereocenters. The van der Waals surface area contributed by atoms with Gasteiger partial charge >= 0.3 is 0 Å². The van der Waals surface area contributed by atoms with Crippen LogP contribution in [0.3, 0.4) is 0 Å². The van der Waals surface area contributed by atoms with E-state index in [9.17, 15) is 9.18 Å². The lowest BCUT2D eigenvalue weighted by Gasteiger charge is -2.30. The summed E-state index contributed by atoms with van der Waals surface area (Å²) >= 11 is 0. The molecular formula is C19H18FN7O. The first kappa shape index (κ1) is 16.7. The van der Waals surface area contributed by atoms with Gasteiger partial charge in [-0.15, -0.1) is 0 Å². The highest BCUT2D eigenvalue weighted by Crippen LogP contribution is 2.29. The number of anilines is 1. The van der Waals surface area contributed by atoms with E-state index in [-0.39, 0.29) is 5.91 Å². The summed E-state index contributed by atoms with van der Waals surface area (Å²) in [4.78, 5) is 24.8. The van der Waals surface area contributed by atoms with Crippen LogP contribution in [-0.4, -0.2) is 49.7 Å². The molecule has 1 fully saturated rings. The number of carbonyl (C=O) groups is 1. The molecule has 0 bridgehead atoms. The van der Waals surface area contributed by atoms with Crippen LogP contribution in [-0.2, 0) is 0 Å². The van der Waals surface area contributed by atoms with Crippen molar-refractivity contribution in [1.82, 2.24) is 29.9 Å². The molecule has 0 aromatic carbocycles. The van der Waals surface area contributed by atoms with Gasteiger partial charge in [-0.1, -0.05) is 0 Å². The predicted octanol–water partition coefficient (Wildman–Crippen LogP) is 2.54. The number of hydrogen-bond acceptors (Lipinski definition) is 5. The molecule has 4 aromatic rings. The SMILES string of the molecule is CNc1cc(-c2c[nH]c3ncccc23)nc2c(C(=O)N[C@H]3CC[C@H]3F)cnn12. The van der Waals surface area contributed by atoms with Crippen LogP contribution in [0.25, 0.3) is 27.9 Å². The van der Waals surface area contributed by atoms with Crippen LogP contribution in [0.2, 0.25) is 0 Å². The summed E-state index contributed by atoms with van der Waals surface area (Å²) in [5.41, 5.74) is 3.04. The smallest absolute Gasteiger partial charge is 0.257 e. The van der Waals surface area contributed by atoms with E-state index in [0.717, 1.165) is 16.6 Å². The largest absolute Gasteiger partial charge is 0.373 e. The van der Waals surface area contributed by atoms with Crippen molar-refractivity contribution in [2.45, 2.75) is 25.1 Å². The molecule has 1 saturated carbocycles. The molecule has 1 aliphatic carbocycles. The Balaban J connectivity index is 1.62. The Morgan fingerprint density at radius 3 is 3.04 bits per heavy atom. The van der Waals surface area contributed by atoms with Crippen molar-refractivity contribution in [3.63, 3.8) is 0 Å². The molecule has 1 aliphatic rings. The fraction of sp³-hybridized carbons (Fsp3) is 0.263. The molecule has 0 spiro atoms. The van der Waals surface area contributed by atoms with Gasteiger partial charge in [-0.2, -0.15) is 9.61 Å². The van der Waals surface area contributed by atoms with Gasteiger partial charge in [0.15, 0.2) is 5.65 Å². The number of hydrogen-bond donors (Lipinski definition) is 3. The number of alkyl halides is 1. The molecule has 8 nitrogen and oxygen atoms in total. The van der Waals surface area contributed by atoms with E-state index in [1.165, 1.54) is 6.20 Å². The van der Waals surface area contributed by atoms with Gasteiger partial charge in [-0.3, -0.25) is 4.79 Å². The van der Waals surface area contributed by atoms with Gasteiger partial charge in [-0.05, 0) is 25.0 Å². The molecule has 9 heteroatoms. The Labute approximate surface area is 159 Å². The summed E-state index contributed by atoms with van der Waals surface area (Å²) in [6.45, 7) is 0. The Bertz CT molecular complexity index is 1200. The minimum absolute atomic E-state index is 0.315. The number of rotatable bonds is 4. The number of aromatic nitrogens is 5. The molecule has 28 heavy (non-hydrogen) atoms. The van der Waals surface area contributed by atoms with Gasteiger partial charge in [0.1, 0.15) is 23.2 Å². The normalized spacial score (nSPS) is 18.9. The topological polar surface area (TPSA) is 100 Å². The fourth-order valence-corrected chi connectivity index (χ4v) is 3.48. The average Bonchev–Trinajstić information content (AvgIpc) is 3.34.